The Morgan fingerprint density at radius 2 is 1.88 bits per heavy atom. The minimum atomic E-state index is -0.308. The van der Waals surface area contributed by atoms with Crippen LogP contribution in [0, 0.1) is 12.7 Å². The van der Waals surface area contributed by atoms with Crippen molar-refractivity contribution >= 4 is 28.9 Å². The Morgan fingerprint density at radius 1 is 1.12 bits per heavy atom. The molecular formula is C20H17ClFN3O. The predicted molar refractivity (Wildman–Crippen MR) is 101 cm³/mol. The van der Waals surface area contributed by atoms with Crippen LogP contribution < -0.4 is 10.6 Å². The van der Waals surface area contributed by atoms with Gasteiger partial charge in [-0.25, -0.2) is 4.39 Å². The van der Waals surface area contributed by atoms with E-state index in [0.717, 1.165) is 22.5 Å². The van der Waals surface area contributed by atoms with E-state index in [1.165, 1.54) is 12.1 Å². The lowest BCUT2D eigenvalue weighted by Gasteiger charge is -2.11. The van der Waals surface area contributed by atoms with E-state index in [0.29, 0.717) is 11.6 Å². The van der Waals surface area contributed by atoms with Gasteiger partial charge < -0.3 is 10.6 Å². The van der Waals surface area contributed by atoms with Crippen molar-refractivity contribution in [2.24, 2.45) is 0 Å². The van der Waals surface area contributed by atoms with Gasteiger partial charge in [-0.15, -0.1) is 0 Å². The summed E-state index contributed by atoms with van der Waals surface area (Å²) in [5.41, 5.74) is 3.73. The normalized spacial score (nSPS) is 10.4. The van der Waals surface area contributed by atoms with Crippen molar-refractivity contribution in [2.45, 2.75) is 13.5 Å². The number of hydrogen-bond donors (Lipinski definition) is 2. The van der Waals surface area contributed by atoms with Gasteiger partial charge in [0, 0.05) is 29.1 Å². The minimum absolute atomic E-state index is 0.289. The van der Waals surface area contributed by atoms with Crippen LogP contribution in [0.2, 0.25) is 5.02 Å². The Balaban J connectivity index is 1.69. The number of aromatic nitrogens is 1. The maximum absolute atomic E-state index is 12.9. The highest BCUT2D eigenvalue weighted by molar-refractivity contribution is 6.30. The summed E-state index contributed by atoms with van der Waals surface area (Å²) in [5, 5.41) is 6.64. The predicted octanol–water partition coefficient (Wildman–Crippen LogP) is 4.86. The molecule has 6 heteroatoms. The van der Waals surface area contributed by atoms with E-state index in [9.17, 15) is 9.18 Å². The first kappa shape index (κ1) is 17.9. The second-order valence-electron chi connectivity index (χ2n) is 5.82. The summed E-state index contributed by atoms with van der Waals surface area (Å²) in [6, 6.07) is 15.0. The summed E-state index contributed by atoms with van der Waals surface area (Å²) in [6.07, 6.45) is 1.56. The maximum atomic E-state index is 12.9. The first-order valence-electron chi connectivity index (χ1n) is 8.03. The Labute approximate surface area is 156 Å². The first-order chi connectivity index (χ1) is 12.5. The van der Waals surface area contributed by atoms with E-state index in [2.05, 4.69) is 15.6 Å². The Hall–Kier alpha value is -2.92. The highest BCUT2D eigenvalue weighted by atomic mass is 35.5. The standard InChI is InChI=1S/C20H17ClFN3O/c1-13-2-5-15(21)10-18(13)25-17-8-9-23-19(11-17)20(26)24-12-14-3-6-16(22)7-4-14/h2-11H,12H2,1H3,(H,23,25)(H,24,26). The van der Waals surface area contributed by atoms with Gasteiger partial charge in [0.05, 0.1) is 0 Å². The van der Waals surface area contributed by atoms with Crippen molar-refractivity contribution in [1.29, 1.82) is 0 Å². The molecule has 1 amide bonds. The van der Waals surface area contributed by atoms with Gasteiger partial charge in [-0.05, 0) is 54.4 Å². The summed E-state index contributed by atoms with van der Waals surface area (Å²) in [5.74, 6) is -0.613. The topological polar surface area (TPSA) is 54.0 Å². The van der Waals surface area contributed by atoms with Crippen molar-refractivity contribution in [3.8, 4) is 0 Å². The summed E-state index contributed by atoms with van der Waals surface area (Å²) in [7, 11) is 0. The van der Waals surface area contributed by atoms with Crippen LogP contribution in [0.3, 0.4) is 0 Å². The fourth-order valence-corrected chi connectivity index (χ4v) is 2.56. The lowest BCUT2D eigenvalue weighted by Crippen LogP contribution is -2.23. The molecule has 0 atom stereocenters. The number of anilines is 2. The summed E-state index contributed by atoms with van der Waals surface area (Å²) < 4.78 is 12.9. The van der Waals surface area contributed by atoms with E-state index in [1.54, 1.807) is 30.5 Å². The molecule has 0 aliphatic heterocycles. The largest absolute Gasteiger partial charge is 0.355 e. The molecule has 0 aliphatic rings. The number of carbonyl (C=O) groups excluding carboxylic acids is 1. The molecule has 0 saturated carbocycles. The zero-order valence-corrected chi connectivity index (χ0v) is 14.8. The van der Waals surface area contributed by atoms with Crippen LogP contribution in [0.5, 0.6) is 0 Å². The molecule has 0 fully saturated rings. The summed E-state index contributed by atoms with van der Waals surface area (Å²) in [4.78, 5) is 16.4. The molecule has 2 N–H and O–H groups in total. The highest BCUT2D eigenvalue weighted by Crippen LogP contribution is 2.24. The molecule has 0 aliphatic carbocycles. The number of amides is 1. The first-order valence-corrected chi connectivity index (χ1v) is 8.41. The average Bonchev–Trinajstić information content (AvgIpc) is 2.64. The Morgan fingerprint density at radius 3 is 2.65 bits per heavy atom. The van der Waals surface area contributed by atoms with E-state index < -0.39 is 0 Å². The molecule has 0 unspecified atom stereocenters. The molecular weight excluding hydrogens is 353 g/mol. The van der Waals surface area contributed by atoms with E-state index in [1.807, 2.05) is 25.1 Å². The molecule has 26 heavy (non-hydrogen) atoms. The van der Waals surface area contributed by atoms with Crippen LogP contribution >= 0.6 is 11.6 Å². The highest BCUT2D eigenvalue weighted by Gasteiger charge is 2.09. The number of nitrogens with zero attached hydrogens (tertiary/aromatic N) is 1. The van der Waals surface area contributed by atoms with Gasteiger partial charge in [-0.1, -0.05) is 29.8 Å². The molecule has 3 aromatic rings. The van der Waals surface area contributed by atoms with Crippen molar-refractivity contribution in [3.63, 3.8) is 0 Å². The molecule has 1 heterocycles. The monoisotopic (exact) mass is 369 g/mol. The second-order valence-corrected chi connectivity index (χ2v) is 6.26. The third-order valence-electron chi connectivity index (χ3n) is 3.84. The average molecular weight is 370 g/mol. The SMILES string of the molecule is Cc1ccc(Cl)cc1Nc1ccnc(C(=O)NCc2ccc(F)cc2)c1. The molecule has 0 bridgehead atoms. The minimum Gasteiger partial charge on any atom is -0.355 e. The number of benzene rings is 2. The molecule has 0 saturated heterocycles. The zero-order valence-electron chi connectivity index (χ0n) is 14.1. The third kappa shape index (κ3) is 4.58. The van der Waals surface area contributed by atoms with Crippen LogP contribution in [0.25, 0.3) is 0 Å². The zero-order chi connectivity index (χ0) is 18.5. The number of carbonyl (C=O) groups is 1. The van der Waals surface area contributed by atoms with Crippen LogP contribution in [0.1, 0.15) is 21.6 Å². The van der Waals surface area contributed by atoms with Crippen molar-refractivity contribution in [2.75, 3.05) is 5.32 Å². The lowest BCUT2D eigenvalue weighted by molar-refractivity contribution is 0.0946. The number of aryl methyl sites for hydroxylation is 1. The van der Waals surface area contributed by atoms with Gasteiger partial charge in [0.25, 0.3) is 5.91 Å². The molecule has 1 aromatic heterocycles. The molecule has 0 radical (unpaired) electrons. The second kappa shape index (κ2) is 7.97. The van der Waals surface area contributed by atoms with Crippen molar-refractivity contribution in [1.82, 2.24) is 10.3 Å². The fourth-order valence-electron chi connectivity index (χ4n) is 2.39. The van der Waals surface area contributed by atoms with Gasteiger partial charge >= 0.3 is 0 Å². The number of pyridine rings is 1. The van der Waals surface area contributed by atoms with E-state index in [-0.39, 0.29) is 17.4 Å². The van der Waals surface area contributed by atoms with Gasteiger partial charge in [0.2, 0.25) is 0 Å². The van der Waals surface area contributed by atoms with Crippen molar-refractivity contribution < 1.29 is 9.18 Å². The van der Waals surface area contributed by atoms with E-state index >= 15 is 0 Å². The van der Waals surface area contributed by atoms with Crippen LogP contribution in [0.4, 0.5) is 15.8 Å². The Bertz CT molecular complexity index is 929. The van der Waals surface area contributed by atoms with Crippen LogP contribution in [0.15, 0.2) is 60.8 Å². The molecule has 2 aromatic carbocycles. The summed E-state index contributed by atoms with van der Waals surface area (Å²) in [6.45, 7) is 2.27. The van der Waals surface area contributed by atoms with Gasteiger partial charge in [-0.3, -0.25) is 9.78 Å². The molecule has 132 valence electrons. The fraction of sp³-hybridized carbons (Fsp3) is 0.100. The molecule has 0 spiro atoms. The number of hydrogen-bond acceptors (Lipinski definition) is 3. The van der Waals surface area contributed by atoms with E-state index in [4.69, 9.17) is 11.6 Å². The van der Waals surface area contributed by atoms with Gasteiger partial charge in [0.1, 0.15) is 11.5 Å². The third-order valence-corrected chi connectivity index (χ3v) is 4.07. The smallest absolute Gasteiger partial charge is 0.270 e. The number of halogens is 2. The lowest BCUT2D eigenvalue weighted by atomic mass is 10.2. The maximum Gasteiger partial charge on any atom is 0.270 e. The quantitative estimate of drug-likeness (QED) is 0.675. The number of rotatable bonds is 5. The summed E-state index contributed by atoms with van der Waals surface area (Å²) >= 11 is 6.03. The molecule has 3 rings (SSSR count). The van der Waals surface area contributed by atoms with Gasteiger partial charge in [0.15, 0.2) is 0 Å². The van der Waals surface area contributed by atoms with Crippen molar-refractivity contribution in [3.05, 3.63) is 88.5 Å². The van der Waals surface area contributed by atoms with Gasteiger partial charge in [-0.2, -0.15) is 0 Å². The Kier molecular flexibility index (Phi) is 5.49. The molecule has 4 nitrogen and oxygen atoms in total. The van der Waals surface area contributed by atoms with Crippen LogP contribution in [-0.4, -0.2) is 10.9 Å². The van der Waals surface area contributed by atoms with Crippen LogP contribution in [-0.2, 0) is 6.54 Å². The number of nitrogens with one attached hydrogen (secondary N) is 2.